The van der Waals surface area contributed by atoms with Crippen LogP contribution < -0.4 is 5.32 Å². The number of aliphatic hydroxyl groups is 1. The van der Waals surface area contributed by atoms with Crippen LogP contribution in [0.25, 0.3) is 0 Å². The molecule has 1 aromatic heterocycles. The number of hydrogen-bond donors (Lipinski definition) is 2. The third-order valence-electron chi connectivity index (χ3n) is 4.82. The van der Waals surface area contributed by atoms with Crippen LogP contribution in [0.5, 0.6) is 0 Å². The first kappa shape index (κ1) is 15.3. The lowest BCUT2D eigenvalue weighted by Gasteiger charge is -2.26. The van der Waals surface area contributed by atoms with E-state index < -0.39 is 0 Å². The van der Waals surface area contributed by atoms with E-state index in [1.807, 2.05) is 48.3 Å². The Balaban J connectivity index is 1.65. The highest BCUT2D eigenvalue weighted by atomic mass is 16.3. The number of aromatic nitrogens is 2. The van der Waals surface area contributed by atoms with Gasteiger partial charge in [0.2, 0.25) is 0 Å². The van der Waals surface area contributed by atoms with Crippen LogP contribution in [-0.4, -0.2) is 21.4 Å². The number of hydrogen-bond acceptors (Lipinski definition) is 3. The summed E-state index contributed by atoms with van der Waals surface area (Å²) in [6.45, 7) is 3.02. The van der Waals surface area contributed by atoms with E-state index in [2.05, 4.69) is 23.5 Å². The Morgan fingerprint density at radius 1 is 1.27 bits per heavy atom. The number of nitrogens with zero attached hydrogens (tertiary/aromatic N) is 2. The smallest absolute Gasteiger partial charge is 0.0858 e. The molecule has 0 radical (unpaired) electrons. The Bertz CT molecular complexity index is 604. The highest BCUT2D eigenvalue weighted by Crippen LogP contribution is 2.54. The third-order valence-corrected chi connectivity index (χ3v) is 4.82. The van der Waals surface area contributed by atoms with Crippen LogP contribution in [0.3, 0.4) is 0 Å². The molecule has 1 aliphatic rings. The van der Waals surface area contributed by atoms with Gasteiger partial charge in [0, 0.05) is 36.8 Å². The molecule has 1 heterocycles. The van der Waals surface area contributed by atoms with Gasteiger partial charge in [-0.1, -0.05) is 37.3 Å². The van der Waals surface area contributed by atoms with Crippen LogP contribution in [0.15, 0.2) is 42.7 Å². The summed E-state index contributed by atoms with van der Waals surface area (Å²) in [5.41, 5.74) is 2.24. The van der Waals surface area contributed by atoms with Gasteiger partial charge in [-0.25, -0.2) is 0 Å². The van der Waals surface area contributed by atoms with E-state index in [1.165, 1.54) is 5.56 Å². The van der Waals surface area contributed by atoms with E-state index in [0.29, 0.717) is 6.04 Å². The molecule has 1 aliphatic carbocycles. The Kier molecular flexibility index (Phi) is 4.32. The lowest BCUT2D eigenvalue weighted by atomic mass is 9.92. The van der Waals surface area contributed by atoms with Crippen molar-refractivity contribution >= 4 is 0 Å². The minimum atomic E-state index is -0.382. The normalized spacial score (nSPS) is 18.9. The maximum Gasteiger partial charge on any atom is 0.0858 e. The third kappa shape index (κ3) is 3.08. The standard InChI is InChI=1S/C18H25N3O/c1-3-16(15-11-20-21(2)12-15)19-13-18(9-10-18)17(22)14-7-5-4-6-8-14/h4-8,11-12,16-17,19,22H,3,9-10,13H2,1-2H3. The van der Waals surface area contributed by atoms with Gasteiger partial charge in [0.1, 0.15) is 0 Å². The predicted octanol–water partition coefficient (Wildman–Crippen LogP) is 2.97. The van der Waals surface area contributed by atoms with E-state index in [4.69, 9.17) is 0 Å². The fourth-order valence-corrected chi connectivity index (χ4v) is 3.14. The van der Waals surface area contributed by atoms with Crippen LogP contribution in [0.1, 0.15) is 49.5 Å². The SMILES string of the molecule is CCC(NCC1(C(O)c2ccccc2)CC1)c1cnn(C)c1. The molecule has 2 N–H and O–H groups in total. The molecule has 0 spiro atoms. The zero-order chi connectivity index (χ0) is 15.6. The van der Waals surface area contributed by atoms with Gasteiger partial charge in [0.25, 0.3) is 0 Å². The molecular weight excluding hydrogens is 274 g/mol. The summed E-state index contributed by atoms with van der Waals surface area (Å²) in [7, 11) is 1.94. The number of aryl methyl sites for hydroxylation is 1. The molecule has 2 atom stereocenters. The molecule has 2 aromatic rings. The summed E-state index contributed by atoms with van der Waals surface area (Å²) in [5, 5.41) is 18.6. The second-order valence-corrected chi connectivity index (χ2v) is 6.46. The summed E-state index contributed by atoms with van der Waals surface area (Å²) in [6, 6.07) is 10.3. The maximum absolute atomic E-state index is 10.7. The van der Waals surface area contributed by atoms with Gasteiger partial charge >= 0.3 is 0 Å². The zero-order valence-electron chi connectivity index (χ0n) is 13.4. The van der Waals surface area contributed by atoms with Gasteiger partial charge < -0.3 is 10.4 Å². The molecule has 0 bridgehead atoms. The number of rotatable bonds is 7. The van der Waals surface area contributed by atoms with Gasteiger partial charge in [-0.15, -0.1) is 0 Å². The summed E-state index contributed by atoms with van der Waals surface area (Å²) in [4.78, 5) is 0. The first-order valence-electron chi connectivity index (χ1n) is 8.09. The van der Waals surface area contributed by atoms with Crippen molar-refractivity contribution in [2.45, 2.75) is 38.3 Å². The predicted molar refractivity (Wildman–Crippen MR) is 87.3 cm³/mol. The maximum atomic E-state index is 10.7. The monoisotopic (exact) mass is 299 g/mol. The Morgan fingerprint density at radius 2 is 2.00 bits per heavy atom. The fraction of sp³-hybridized carbons (Fsp3) is 0.500. The average Bonchev–Trinajstić information content (AvgIpc) is 3.23. The molecule has 1 aromatic carbocycles. The molecule has 3 rings (SSSR count). The Morgan fingerprint density at radius 3 is 2.55 bits per heavy atom. The van der Waals surface area contributed by atoms with E-state index in [9.17, 15) is 5.11 Å². The lowest BCUT2D eigenvalue weighted by Crippen LogP contribution is -2.31. The molecule has 1 saturated carbocycles. The molecule has 0 saturated heterocycles. The van der Waals surface area contributed by atoms with Crippen LogP contribution in [-0.2, 0) is 7.05 Å². The summed E-state index contributed by atoms with van der Waals surface area (Å²) >= 11 is 0. The van der Waals surface area contributed by atoms with Gasteiger partial charge in [0.05, 0.1) is 12.3 Å². The van der Waals surface area contributed by atoms with E-state index >= 15 is 0 Å². The van der Waals surface area contributed by atoms with Gasteiger partial charge in [-0.2, -0.15) is 5.10 Å². The van der Waals surface area contributed by atoms with Crippen molar-refractivity contribution in [2.24, 2.45) is 12.5 Å². The van der Waals surface area contributed by atoms with Gasteiger partial charge in [-0.05, 0) is 24.8 Å². The van der Waals surface area contributed by atoms with Crippen molar-refractivity contribution in [1.82, 2.24) is 15.1 Å². The Hall–Kier alpha value is -1.65. The number of benzene rings is 1. The minimum absolute atomic E-state index is 0.00299. The van der Waals surface area contributed by atoms with Crippen molar-refractivity contribution in [3.8, 4) is 0 Å². The number of nitrogens with one attached hydrogen (secondary N) is 1. The largest absolute Gasteiger partial charge is 0.388 e. The molecule has 0 aliphatic heterocycles. The topological polar surface area (TPSA) is 50.1 Å². The van der Waals surface area contributed by atoms with Gasteiger partial charge in [-0.3, -0.25) is 4.68 Å². The van der Waals surface area contributed by atoms with E-state index in [0.717, 1.165) is 31.4 Å². The number of aliphatic hydroxyl groups excluding tert-OH is 1. The Labute approximate surface area is 132 Å². The van der Waals surface area contributed by atoms with E-state index in [1.54, 1.807) is 0 Å². The second-order valence-electron chi connectivity index (χ2n) is 6.46. The van der Waals surface area contributed by atoms with Crippen molar-refractivity contribution in [3.05, 3.63) is 53.9 Å². The molecule has 118 valence electrons. The fourth-order valence-electron chi connectivity index (χ4n) is 3.14. The van der Waals surface area contributed by atoms with Crippen molar-refractivity contribution in [3.63, 3.8) is 0 Å². The van der Waals surface area contributed by atoms with Crippen LogP contribution in [0.2, 0.25) is 0 Å². The highest BCUT2D eigenvalue weighted by molar-refractivity contribution is 5.22. The van der Waals surface area contributed by atoms with Crippen LogP contribution in [0.4, 0.5) is 0 Å². The first-order valence-corrected chi connectivity index (χ1v) is 8.09. The van der Waals surface area contributed by atoms with Crippen molar-refractivity contribution in [2.75, 3.05) is 6.54 Å². The molecule has 22 heavy (non-hydrogen) atoms. The first-order chi connectivity index (χ1) is 10.6. The summed E-state index contributed by atoms with van der Waals surface area (Å²) < 4.78 is 1.84. The summed E-state index contributed by atoms with van der Waals surface area (Å²) in [5.74, 6) is 0. The molecule has 0 amide bonds. The summed E-state index contributed by atoms with van der Waals surface area (Å²) in [6.07, 6.45) is 6.79. The molecule has 2 unspecified atom stereocenters. The molecular formula is C18H25N3O. The second kappa shape index (κ2) is 6.23. The lowest BCUT2D eigenvalue weighted by molar-refractivity contribution is 0.0898. The van der Waals surface area contributed by atoms with Crippen molar-refractivity contribution in [1.29, 1.82) is 0 Å². The zero-order valence-corrected chi connectivity index (χ0v) is 13.4. The van der Waals surface area contributed by atoms with Crippen molar-refractivity contribution < 1.29 is 5.11 Å². The molecule has 1 fully saturated rings. The highest BCUT2D eigenvalue weighted by Gasteiger charge is 2.49. The van der Waals surface area contributed by atoms with Crippen LogP contribution in [0, 0.1) is 5.41 Å². The average molecular weight is 299 g/mol. The van der Waals surface area contributed by atoms with E-state index in [-0.39, 0.29) is 11.5 Å². The molecule has 4 heteroatoms. The molecule has 4 nitrogen and oxygen atoms in total. The minimum Gasteiger partial charge on any atom is -0.388 e. The van der Waals surface area contributed by atoms with Crippen LogP contribution >= 0.6 is 0 Å². The quantitative estimate of drug-likeness (QED) is 0.826. The van der Waals surface area contributed by atoms with Gasteiger partial charge in [0.15, 0.2) is 0 Å².